The lowest BCUT2D eigenvalue weighted by molar-refractivity contribution is -0.142. The van der Waals surface area contributed by atoms with E-state index in [9.17, 15) is 4.79 Å². The number of hydrogen-bond acceptors (Lipinski definition) is 4. The van der Waals surface area contributed by atoms with Gasteiger partial charge in [0.05, 0.1) is 13.0 Å². The van der Waals surface area contributed by atoms with Gasteiger partial charge >= 0.3 is 5.97 Å². The van der Waals surface area contributed by atoms with Gasteiger partial charge in [-0.1, -0.05) is 12.1 Å². The molecule has 1 aromatic rings. The van der Waals surface area contributed by atoms with Crippen LogP contribution in [0.15, 0.2) is 18.2 Å². The maximum absolute atomic E-state index is 11.3. The number of rotatable bonds is 3. The van der Waals surface area contributed by atoms with Crippen LogP contribution in [0.3, 0.4) is 0 Å². The molecule has 0 saturated carbocycles. The number of esters is 1. The maximum Gasteiger partial charge on any atom is 0.310 e. The lowest BCUT2D eigenvalue weighted by atomic mass is 10.1. The summed E-state index contributed by atoms with van der Waals surface area (Å²) in [6.07, 6.45) is 0.223. The molecule has 4 heteroatoms. The van der Waals surface area contributed by atoms with Crippen molar-refractivity contribution in [1.29, 1.82) is 0 Å². The van der Waals surface area contributed by atoms with E-state index >= 15 is 0 Å². The zero-order valence-electron chi connectivity index (χ0n) is 8.49. The minimum Gasteiger partial charge on any atom is -0.466 e. The Hall–Kier alpha value is -1.71. The highest BCUT2D eigenvalue weighted by Crippen LogP contribution is 2.35. The van der Waals surface area contributed by atoms with Crippen LogP contribution < -0.4 is 9.47 Å². The quantitative estimate of drug-likeness (QED) is 0.706. The first kappa shape index (κ1) is 9.83. The molecule has 1 heterocycles. The van der Waals surface area contributed by atoms with Crippen molar-refractivity contribution in [1.82, 2.24) is 0 Å². The standard InChI is InChI=1S/C11H12O4/c1-2-13-10(12)6-8-4-3-5-9-11(8)15-7-14-9/h3-5H,2,6-7H2,1H3. The van der Waals surface area contributed by atoms with Gasteiger partial charge in [0.1, 0.15) is 0 Å². The summed E-state index contributed by atoms with van der Waals surface area (Å²) in [5, 5.41) is 0. The van der Waals surface area contributed by atoms with E-state index in [1.807, 2.05) is 18.2 Å². The Balaban J connectivity index is 2.15. The predicted molar refractivity (Wildman–Crippen MR) is 52.9 cm³/mol. The van der Waals surface area contributed by atoms with Crippen molar-refractivity contribution in [2.45, 2.75) is 13.3 Å². The van der Waals surface area contributed by atoms with Crippen molar-refractivity contribution < 1.29 is 19.0 Å². The number of benzene rings is 1. The number of carbonyl (C=O) groups is 1. The number of fused-ring (bicyclic) bond motifs is 1. The Kier molecular flexibility index (Phi) is 2.76. The van der Waals surface area contributed by atoms with E-state index in [1.54, 1.807) is 6.92 Å². The van der Waals surface area contributed by atoms with Crippen molar-refractivity contribution in [3.05, 3.63) is 23.8 Å². The van der Waals surface area contributed by atoms with E-state index < -0.39 is 0 Å². The van der Waals surface area contributed by atoms with Crippen LogP contribution in [0.25, 0.3) is 0 Å². The maximum atomic E-state index is 11.3. The summed E-state index contributed by atoms with van der Waals surface area (Å²) in [6.45, 7) is 2.40. The van der Waals surface area contributed by atoms with Crippen LogP contribution >= 0.6 is 0 Å². The van der Waals surface area contributed by atoms with Gasteiger partial charge in [-0.15, -0.1) is 0 Å². The van der Waals surface area contributed by atoms with Crippen LogP contribution in [0.2, 0.25) is 0 Å². The zero-order valence-corrected chi connectivity index (χ0v) is 8.49. The van der Waals surface area contributed by atoms with E-state index in [2.05, 4.69) is 0 Å². The van der Waals surface area contributed by atoms with Crippen molar-refractivity contribution in [2.24, 2.45) is 0 Å². The lowest BCUT2D eigenvalue weighted by Crippen LogP contribution is -2.08. The molecule has 0 fully saturated rings. The number of ether oxygens (including phenoxy) is 3. The lowest BCUT2D eigenvalue weighted by Gasteiger charge is -2.04. The molecule has 0 radical (unpaired) electrons. The van der Waals surface area contributed by atoms with E-state index in [0.717, 1.165) is 5.56 Å². The number of para-hydroxylation sites is 1. The highest BCUT2D eigenvalue weighted by atomic mass is 16.7. The van der Waals surface area contributed by atoms with Crippen LogP contribution in [0, 0.1) is 0 Å². The normalized spacial score (nSPS) is 12.6. The van der Waals surface area contributed by atoms with Crippen LogP contribution in [0.1, 0.15) is 12.5 Å². The highest BCUT2D eigenvalue weighted by molar-refractivity contribution is 5.74. The Morgan fingerprint density at radius 1 is 1.47 bits per heavy atom. The molecule has 0 bridgehead atoms. The molecule has 0 spiro atoms. The summed E-state index contributed by atoms with van der Waals surface area (Å²) in [6, 6.07) is 5.49. The largest absolute Gasteiger partial charge is 0.466 e. The van der Waals surface area contributed by atoms with E-state index in [0.29, 0.717) is 18.1 Å². The third kappa shape index (κ3) is 2.03. The molecule has 0 amide bonds. The molecule has 0 aliphatic carbocycles. The van der Waals surface area contributed by atoms with Gasteiger partial charge in [-0.2, -0.15) is 0 Å². The monoisotopic (exact) mass is 208 g/mol. The average molecular weight is 208 g/mol. The molecular weight excluding hydrogens is 196 g/mol. The molecule has 0 atom stereocenters. The second kappa shape index (κ2) is 4.21. The van der Waals surface area contributed by atoms with Crippen molar-refractivity contribution in [3.63, 3.8) is 0 Å². The molecule has 1 aliphatic rings. The van der Waals surface area contributed by atoms with Crippen LogP contribution in [-0.2, 0) is 16.0 Å². The SMILES string of the molecule is CCOC(=O)Cc1cccc2c1OCO2. The number of hydrogen-bond donors (Lipinski definition) is 0. The molecule has 2 rings (SSSR count). The van der Waals surface area contributed by atoms with Crippen LogP contribution in [-0.4, -0.2) is 19.4 Å². The third-order valence-corrected chi connectivity index (χ3v) is 2.12. The van der Waals surface area contributed by atoms with Gasteiger partial charge in [-0.3, -0.25) is 4.79 Å². The van der Waals surface area contributed by atoms with Gasteiger partial charge in [0, 0.05) is 5.56 Å². The van der Waals surface area contributed by atoms with Gasteiger partial charge in [0.25, 0.3) is 0 Å². The van der Waals surface area contributed by atoms with Gasteiger partial charge < -0.3 is 14.2 Å². The average Bonchev–Trinajstić information content (AvgIpc) is 2.67. The molecule has 0 unspecified atom stereocenters. The van der Waals surface area contributed by atoms with Crippen molar-refractivity contribution in [2.75, 3.05) is 13.4 Å². The topological polar surface area (TPSA) is 44.8 Å². The highest BCUT2D eigenvalue weighted by Gasteiger charge is 2.18. The smallest absolute Gasteiger partial charge is 0.310 e. The molecule has 1 aliphatic heterocycles. The Labute approximate surface area is 87.8 Å². The molecule has 1 aromatic carbocycles. The molecule has 4 nitrogen and oxygen atoms in total. The molecule has 0 N–H and O–H groups in total. The Morgan fingerprint density at radius 3 is 3.13 bits per heavy atom. The fraction of sp³-hybridized carbons (Fsp3) is 0.364. The first-order chi connectivity index (χ1) is 7.31. The summed E-state index contributed by atoms with van der Waals surface area (Å²) < 4.78 is 15.4. The molecule has 0 saturated heterocycles. The third-order valence-electron chi connectivity index (χ3n) is 2.12. The van der Waals surface area contributed by atoms with Crippen LogP contribution in [0.4, 0.5) is 0 Å². The minimum atomic E-state index is -0.249. The molecule has 0 aromatic heterocycles. The Morgan fingerprint density at radius 2 is 2.33 bits per heavy atom. The second-order valence-electron chi connectivity index (χ2n) is 3.13. The van der Waals surface area contributed by atoms with Gasteiger partial charge in [-0.05, 0) is 13.0 Å². The summed E-state index contributed by atoms with van der Waals surface area (Å²) in [5.41, 5.74) is 0.809. The van der Waals surface area contributed by atoms with Gasteiger partial charge in [0.15, 0.2) is 11.5 Å². The second-order valence-corrected chi connectivity index (χ2v) is 3.13. The summed E-state index contributed by atoms with van der Waals surface area (Å²) in [5.74, 6) is 1.10. The summed E-state index contributed by atoms with van der Waals surface area (Å²) in [4.78, 5) is 11.3. The molecule has 15 heavy (non-hydrogen) atoms. The predicted octanol–water partition coefficient (Wildman–Crippen LogP) is 1.52. The fourth-order valence-electron chi connectivity index (χ4n) is 1.50. The van der Waals surface area contributed by atoms with E-state index in [4.69, 9.17) is 14.2 Å². The summed E-state index contributed by atoms with van der Waals surface area (Å²) >= 11 is 0. The van der Waals surface area contributed by atoms with Crippen molar-refractivity contribution in [3.8, 4) is 11.5 Å². The van der Waals surface area contributed by atoms with Gasteiger partial charge in [0.2, 0.25) is 6.79 Å². The Bertz CT molecular complexity index is 373. The van der Waals surface area contributed by atoms with Crippen molar-refractivity contribution >= 4 is 5.97 Å². The van der Waals surface area contributed by atoms with Gasteiger partial charge in [-0.25, -0.2) is 0 Å². The molecular formula is C11H12O4. The minimum absolute atomic E-state index is 0.217. The van der Waals surface area contributed by atoms with E-state index in [-0.39, 0.29) is 19.2 Å². The zero-order chi connectivity index (χ0) is 10.7. The summed E-state index contributed by atoms with van der Waals surface area (Å²) in [7, 11) is 0. The fourth-order valence-corrected chi connectivity index (χ4v) is 1.50. The first-order valence-electron chi connectivity index (χ1n) is 4.84. The molecule has 80 valence electrons. The number of carbonyl (C=O) groups excluding carboxylic acids is 1. The van der Waals surface area contributed by atoms with E-state index in [1.165, 1.54) is 0 Å². The van der Waals surface area contributed by atoms with Crippen LogP contribution in [0.5, 0.6) is 11.5 Å². The first-order valence-corrected chi connectivity index (χ1v) is 4.84.